The molecule has 0 aromatic carbocycles. The largest absolute Gasteiger partial charge is 0.612 e. The highest BCUT2D eigenvalue weighted by molar-refractivity contribution is 7.93. The van der Waals surface area contributed by atoms with Crippen molar-refractivity contribution in [3.63, 3.8) is 0 Å². The molecule has 0 fully saturated rings. The first kappa shape index (κ1) is 8.05. The molecule has 8 heavy (non-hydrogen) atoms. The summed E-state index contributed by atoms with van der Waals surface area (Å²) in [7, 11) is 0. The molecule has 1 nitrogen and oxygen atoms in total. The quantitative estimate of drug-likeness (QED) is 0.536. The van der Waals surface area contributed by atoms with Gasteiger partial charge < -0.3 is 4.55 Å². The summed E-state index contributed by atoms with van der Waals surface area (Å²) < 4.78 is 10.3. The van der Waals surface area contributed by atoms with Crippen LogP contribution >= 0.6 is 0 Å². The van der Waals surface area contributed by atoms with Gasteiger partial charge in [-0.05, 0) is 23.7 Å². The number of allylic oxidation sites excluding steroid dienone is 1. The maximum Gasteiger partial charge on any atom is 0.112 e. The number of unbranched alkanes of at least 4 members (excludes halogenated alkanes) is 1. The average Bonchev–Trinajstić information content (AvgIpc) is 1.66. The number of hydrogen-bond acceptors (Lipinski definition) is 1. The van der Waals surface area contributed by atoms with Crippen LogP contribution in [-0.4, -0.2) is 10.8 Å². The van der Waals surface area contributed by atoms with Crippen LogP contribution < -0.4 is 0 Å². The van der Waals surface area contributed by atoms with Crippen LogP contribution in [0.25, 0.3) is 0 Å². The van der Waals surface area contributed by atoms with Gasteiger partial charge in [0.05, 0.1) is 6.26 Å². The van der Waals surface area contributed by atoms with Crippen molar-refractivity contribution >= 4 is 11.2 Å². The molecule has 0 aromatic heterocycles. The first-order chi connectivity index (χ1) is 3.77. The van der Waals surface area contributed by atoms with E-state index in [2.05, 4.69) is 6.92 Å². The zero-order chi connectivity index (χ0) is 6.41. The monoisotopic (exact) mass is 132 g/mol. The van der Waals surface area contributed by atoms with Gasteiger partial charge >= 0.3 is 0 Å². The zero-order valence-corrected chi connectivity index (χ0v) is 6.20. The Kier molecular flexibility index (Phi) is 5.22. The molecule has 0 spiro atoms. The highest BCUT2D eigenvalue weighted by Crippen LogP contribution is 1.91. The average molecular weight is 132 g/mol. The van der Waals surface area contributed by atoms with Crippen molar-refractivity contribution in [3.8, 4) is 0 Å². The van der Waals surface area contributed by atoms with E-state index in [1.807, 2.05) is 6.08 Å². The van der Waals surface area contributed by atoms with Crippen LogP contribution in [0.15, 0.2) is 11.5 Å². The van der Waals surface area contributed by atoms with Crippen molar-refractivity contribution in [1.29, 1.82) is 0 Å². The summed E-state index contributed by atoms with van der Waals surface area (Å²) in [4.78, 5) is 0. The zero-order valence-electron chi connectivity index (χ0n) is 5.39. The summed E-state index contributed by atoms with van der Waals surface area (Å²) in [5.41, 5.74) is 0. The third kappa shape index (κ3) is 6.05. The van der Waals surface area contributed by atoms with E-state index in [1.54, 1.807) is 11.7 Å². The van der Waals surface area contributed by atoms with Gasteiger partial charge in [-0.25, -0.2) is 0 Å². The predicted molar refractivity (Wildman–Crippen MR) is 38.1 cm³/mol. The van der Waals surface area contributed by atoms with Crippen LogP contribution in [0.2, 0.25) is 0 Å². The van der Waals surface area contributed by atoms with Crippen molar-refractivity contribution in [3.05, 3.63) is 11.5 Å². The SMILES string of the molecule is CCC/C=C/[S+](C)[O-]. The van der Waals surface area contributed by atoms with E-state index in [9.17, 15) is 4.55 Å². The van der Waals surface area contributed by atoms with Crippen LogP contribution in [0, 0.1) is 0 Å². The minimum Gasteiger partial charge on any atom is -0.612 e. The van der Waals surface area contributed by atoms with E-state index >= 15 is 0 Å². The normalized spacial score (nSPS) is 14.9. The molecular formula is C6H12OS. The Labute approximate surface area is 54.0 Å². The molecule has 0 saturated heterocycles. The Bertz CT molecular complexity index is 68.9. The van der Waals surface area contributed by atoms with Gasteiger partial charge in [-0.3, -0.25) is 0 Å². The maximum atomic E-state index is 10.3. The van der Waals surface area contributed by atoms with Crippen LogP contribution in [-0.2, 0) is 11.2 Å². The summed E-state index contributed by atoms with van der Waals surface area (Å²) >= 11 is -0.748. The second-order valence-electron chi connectivity index (χ2n) is 1.66. The fraction of sp³-hybridized carbons (Fsp3) is 0.667. The first-order valence-corrected chi connectivity index (χ1v) is 4.38. The van der Waals surface area contributed by atoms with E-state index < -0.39 is 11.2 Å². The van der Waals surface area contributed by atoms with Crippen molar-refractivity contribution in [2.45, 2.75) is 19.8 Å². The van der Waals surface area contributed by atoms with E-state index in [-0.39, 0.29) is 0 Å². The van der Waals surface area contributed by atoms with E-state index in [1.165, 1.54) is 0 Å². The van der Waals surface area contributed by atoms with Crippen LogP contribution in [0.3, 0.4) is 0 Å². The first-order valence-electron chi connectivity index (χ1n) is 2.76. The Morgan fingerprint density at radius 2 is 2.25 bits per heavy atom. The Balaban J connectivity index is 3.07. The molecular weight excluding hydrogens is 120 g/mol. The smallest absolute Gasteiger partial charge is 0.112 e. The van der Waals surface area contributed by atoms with E-state index in [4.69, 9.17) is 0 Å². The molecule has 2 heteroatoms. The standard InChI is InChI=1S/C6H12OS/c1-3-4-5-6-8(2)7/h5-6H,3-4H2,1-2H3/b6-5+. The topological polar surface area (TPSA) is 23.1 Å². The Morgan fingerprint density at radius 1 is 1.62 bits per heavy atom. The third-order valence-electron chi connectivity index (χ3n) is 0.743. The second-order valence-corrected chi connectivity index (χ2v) is 2.93. The van der Waals surface area contributed by atoms with E-state index in [0.29, 0.717) is 0 Å². The maximum absolute atomic E-state index is 10.3. The van der Waals surface area contributed by atoms with Gasteiger partial charge in [-0.15, -0.1) is 0 Å². The molecule has 1 unspecified atom stereocenters. The van der Waals surface area contributed by atoms with Gasteiger partial charge in [0.1, 0.15) is 5.41 Å². The Hall–Kier alpha value is 0.0500. The van der Waals surface area contributed by atoms with Gasteiger partial charge in [0.25, 0.3) is 0 Å². The van der Waals surface area contributed by atoms with E-state index in [0.717, 1.165) is 12.8 Å². The highest BCUT2D eigenvalue weighted by atomic mass is 32.2. The lowest BCUT2D eigenvalue weighted by molar-refractivity contribution is 0.609. The molecule has 0 N–H and O–H groups in total. The van der Waals surface area contributed by atoms with Crippen LogP contribution in [0.5, 0.6) is 0 Å². The summed E-state index contributed by atoms with van der Waals surface area (Å²) in [5.74, 6) is 0. The van der Waals surface area contributed by atoms with Gasteiger partial charge in [-0.2, -0.15) is 0 Å². The fourth-order valence-electron chi connectivity index (χ4n) is 0.370. The summed E-state index contributed by atoms with van der Waals surface area (Å²) in [6.45, 7) is 2.10. The highest BCUT2D eigenvalue weighted by Gasteiger charge is 1.82. The molecule has 1 atom stereocenters. The molecule has 48 valence electrons. The molecule has 0 aliphatic heterocycles. The van der Waals surface area contributed by atoms with Gasteiger partial charge in [0, 0.05) is 0 Å². The van der Waals surface area contributed by atoms with Crippen molar-refractivity contribution in [1.82, 2.24) is 0 Å². The summed E-state index contributed by atoms with van der Waals surface area (Å²) in [6, 6.07) is 0. The molecule has 0 bridgehead atoms. The number of rotatable bonds is 3. The summed E-state index contributed by atoms with van der Waals surface area (Å²) in [5, 5.41) is 1.73. The molecule has 0 aliphatic rings. The third-order valence-corrected chi connectivity index (χ3v) is 1.32. The lowest BCUT2D eigenvalue weighted by atomic mass is 10.3. The molecule has 0 radical (unpaired) electrons. The van der Waals surface area contributed by atoms with Gasteiger partial charge in [0.2, 0.25) is 0 Å². The molecule has 0 aromatic rings. The minimum atomic E-state index is -0.748. The molecule has 0 amide bonds. The lowest BCUT2D eigenvalue weighted by Gasteiger charge is -1.93. The Morgan fingerprint density at radius 3 is 2.62 bits per heavy atom. The second kappa shape index (κ2) is 5.19. The lowest BCUT2D eigenvalue weighted by Crippen LogP contribution is -1.87. The van der Waals surface area contributed by atoms with Crippen molar-refractivity contribution in [2.24, 2.45) is 0 Å². The van der Waals surface area contributed by atoms with Gasteiger partial charge in [-0.1, -0.05) is 13.3 Å². The molecule has 0 rings (SSSR count). The van der Waals surface area contributed by atoms with Crippen molar-refractivity contribution < 1.29 is 4.55 Å². The molecule has 0 heterocycles. The van der Waals surface area contributed by atoms with Crippen molar-refractivity contribution in [2.75, 3.05) is 6.26 Å². The number of hydrogen-bond donors (Lipinski definition) is 0. The molecule has 0 aliphatic carbocycles. The van der Waals surface area contributed by atoms with Crippen LogP contribution in [0.4, 0.5) is 0 Å². The predicted octanol–water partition coefficient (Wildman–Crippen LogP) is 1.68. The minimum absolute atomic E-state index is 0.748. The molecule has 0 saturated carbocycles. The fourth-order valence-corrected chi connectivity index (χ4v) is 0.777. The van der Waals surface area contributed by atoms with Gasteiger partial charge in [0.15, 0.2) is 0 Å². The summed E-state index contributed by atoms with van der Waals surface area (Å²) in [6.07, 6.45) is 5.80. The van der Waals surface area contributed by atoms with Crippen LogP contribution in [0.1, 0.15) is 19.8 Å².